The van der Waals surface area contributed by atoms with Gasteiger partial charge < -0.3 is 20.4 Å². The Hall–Kier alpha value is -2.08. The number of aliphatic carboxylic acids is 1. The number of benzene rings is 1. The molecule has 1 fully saturated rings. The Bertz CT molecular complexity index is 593. The summed E-state index contributed by atoms with van der Waals surface area (Å²) in [7, 11) is 0. The number of hydrogen-bond acceptors (Lipinski definition) is 3. The number of nitrogens with zero attached hydrogens (tertiary/aromatic N) is 1. The van der Waals surface area contributed by atoms with Crippen LogP contribution in [0.1, 0.15) is 51.0 Å². The van der Waals surface area contributed by atoms with Crippen LogP contribution < -0.4 is 5.32 Å². The second kappa shape index (κ2) is 9.57. The number of urea groups is 1. The SMILES string of the molecule is CCCC1(CO)CCCN1C(=O)NC(CCC(=O)O)Cc1ccccc1. The number of aliphatic hydroxyl groups excluding tert-OH is 1. The molecule has 26 heavy (non-hydrogen) atoms. The Morgan fingerprint density at radius 2 is 2.04 bits per heavy atom. The molecule has 0 spiro atoms. The second-order valence-electron chi connectivity index (χ2n) is 7.16. The van der Waals surface area contributed by atoms with Crippen LogP contribution in [0.4, 0.5) is 4.79 Å². The molecule has 3 N–H and O–H groups in total. The first-order valence-corrected chi connectivity index (χ1v) is 9.45. The number of aliphatic hydroxyl groups is 1. The predicted octanol–water partition coefficient (Wildman–Crippen LogP) is 2.80. The number of carboxylic acids is 1. The van der Waals surface area contributed by atoms with Gasteiger partial charge in [0.1, 0.15) is 0 Å². The van der Waals surface area contributed by atoms with E-state index in [1.807, 2.05) is 30.3 Å². The molecule has 2 amide bonds. The minimum Gasteiger partial charge on any atom is -0.481 e. The number of carboxylic acid groups (broad SMARTS) is 1. The zero-order chi connectivity index (χ0) is 19.0. The zero-order valence-corrected chi connectivity index (χ0v) is 15.5. The lowest BCUT2D eigenvalue weighted by molar-refractivity contribution is -0.137. The van der Waals surface area contributed by atoms with E-state index in [4.69, 9.17) is 5.11 Å². The van der Waals surface area contributed by atoms with E-state index in [9.17, 15) is 14.7 Å². The largest absolute Gasteiger partial charge is 0.481 e. The first-order chi connectivity index (χ1) is 12.5. The minimum atomic E-state index is -0.867. The van der Waals surface area contributed by atoms with Crippen LogP contribution in [0.2, 0.25) is 0 Å². The molecule has 0 radical (unpaired) electrons. The third-order valence-electron chi connectivity index (χ3n) is 5.21. The lowest BCUT2D eigenvalue weighted by Crippen LogP contribution is -2.55. The van der Waals surface area contributed by atoms with Gasteiger partial charge in [-0.15, -0.1) is 0 Å². The van der Waals surface area contributed by atoms with Crippen molar-refractivity contribution in [2.75, 3.05) is 13.2 Å². The summed E-state index contributed by atoms with van der Waals surface area (Å²) >= 11 is 0. The summed E-state index contributed by atoms with van der Waals surface area (Å²) in [5.41, 5.74) is 0.578. The summed E-state index contributed by atoms with van der Waals surface area (Å²) in [6.45, 7) is 2.65. The topological polar surface area (TPSA) is 89.9 Å². The number of likely N-dealkylation sites (tertiary alicyclic amines) is 1. The highest BCUT2D eigenvalue weighted by atomic mass is 16.4. The maximum absolute atomic E-state index is 12.9. The van der Waals surface area contributed by atoms with Gasteiger partial charge in [-0.25, -0.2) is 4.79 Å². The predicted molar refractivity (Wildman–Crippen MR) is 100 cm³/mol. The molecule has 6 heteroatoms. The Morgan fingerprint density at radius 3 is 2.65 bits per heavy atom. The van der Waals surface area contributed by atoms with E-state index >= 15 is 0 Å². The molecule has 144 valence electrons. The molecule has 0 aliphatic carbocycles. The second-order valence-corrected chi connectivity index (χ2v) is 7.16. The van der Waals surface area contributed by atoms with Crippen molar-refractivity contribution in [2.24, 2.45) is 0 Å². The molecule has 1 aromatic carbocycles. The lowest BCUT2D eigenvalue weighted by atomic mass is 9.91. The number of carbonyl (C=O) groups is 2. The molecule has 0 aromatic heterocycles. The molecule has 2 unspecified atom stereocenters. The molecule has 1 aliphatic heterocycles. The average molecular weight is 362 g/mol. The van der Waals surface area contributed by atoms with Crippen LogP contribution in [0.5, 0.6) is 0 Å². The van der Waals surface area contributed by atoms with Gasteiger partial charge in [0.2, 0.25) is 0 Å². The number of rotatable bonds is 9. The smallest absolute Gasteiger partial charge is 0.318 e. The van der Waals surface area contributed by atoms with Crippen molar-refractivity contribution < 1.29 is 19.8 Å². The van der Waals surface area contributed by atoms with Crippen molar-refractivity contribution in [1.82, 2.24) is 10.2 Å². The number of carbonyl (C=O) groups excluding carboxylic acids is 1. The van der Waals surface area contributed by atoms with Gasteiger partial charge in [0.25, 0.3) is 0 Å². The van der Waals surface area contributed by atoms with E-state index in [1.54, 1.807) is 4.90 Å². The van der Waals surface area contributed by atoms with Gasteiger partial charge in [-0.2, -0.15) is 0 Å². The van der Waals surface area contributed by atoms with Crippen molar-refractivity contribution in [3.05, 3.63) is 35.9 Å². The van der Waals surface area contributed by atoms with Crippen LogP contribution in [0.3, 0.4) is 0 Å². The molecule has 6 nitrogen and oxygen atoms in total. The normalized spacial score (nSPS) is 20.8. The van der Waals surface area contributed by atoms with E-state index < -0.39 is 11.5 Å². The molecule has 1 heterocycles. The first kappa shape index (κ1) is 20.2. The Labute approximate surface area is 155 Å². The Morgan fingerprint density at radius 1 is 1.31 bits per heavy atom. The summed E-state index contributed by atoms with van der Waals surface area (Å²) in [5.74, 6) is -0.867. The van der Waals surface area contributed by atoms with Gasteiger partial charge >= 0.3 is 12.0 Å². The number of hydrogen-bond donors (Lipinski definition) is 3. The maximum Gasteiger partial charge on any atom is 0.318 e. The molecule has 0 bridgehead atoms. The summed E-state index contributed by atoms with van der Waals surface area (Å²) < 4.78 is 0. The fourth-order valence-electron chi connectivity index (χ4n) is 3.90. The van der Waals surface area contributed by atoms with Crippen molar-refractivity contribution >= 4 is 12.0 Å². The standard InChI is InChI=1S/C20H30N2O4/c1-2-11-20(15-23)12-6-13-22(20)19(26)21-17(9-10-18(24)25)14-16-7-4-3-5-8-16/h3-5,7-8,17,23H,2,6,9-15H2,1H3,(H,21,26)(H,24,25). The van der Waals surface area contributed by atoms with Crippen LogP contribution in [0.25, 0.3) is 0 Å². The molecule has 1 aliphatic rings. The van der Waals surface area contributed by atoms with Gasteiger partial charge in [0, 0.05) is 19.0 Å². The van der Waals surface area contributed by atoms with E-state index in [0.29, 0.717) is 19.4 Å². The van der Waals surface area contributed by atoms with Crippen molar-refractivity contribution in [1.29, 1.82) is 0 Å². The maximum atomic E-state index is 12.9. The Kier molecular flexibility index (Phi) is 7.45. The van der Waals surface area contributed by atoms with Gasteiger partial charge in [-0.1, -0.05) is 43.7 Å². The summed E-state index contributed by atoms with van der Waals surface area (Å²) in [4.78, 5) is 25.6. The summed E-state index contributed by atoms with van der Waals surface area (Å²) in [6, 6.07) is 9.30. The highest BCUT2D eigenvalue weighted by Gasteiger charge is 2.42. The molecule has 1 aromatic rings. The third kappa shape index (κ3) is 5.21. The van der Waals surface area contributed by atoms with Crippen LogP contribution in [-0.4, -0.2) is 51.8 Å². The van der Waals surface area contributed by atoms with Crippen molar-refractivity contribution in [3.63, 3.8) is 0 Å². The molecule has 2 atom stereocenters. The molecule has 1 saturated heterocycles. The molecule has 2 rings (SSSR count). The molecular formula is C20H30N2O4. The average Bonchev–Trinajstić information content (AvgIpc) is 3.05. The van der Waals surface area contributed by atoms with Crippen LogP contribution >= 0.6 is 0 Å². The van der Waals surface area contributed by atoms with Crippen LogP contribution in [0, 0.1) is 0 Å². The quantitative estimate of drug-likeness (QED) is 0.630. The minimum absolute atomic E-state index is 0.0118. The monoisotopic (exact) mass is 362 g/mol. The number of nitrogens with one attached hydrogen (secondary N) is 1. The van der Waals surface area contributed by atoms with Gasteiger partial charge in [-0.3, -0.25) is 4.79 Å². The van der Waals surface area contributed by atoms with Crippen LogP contribution in [-0.2, 0) is 11.2 Å². The van der Waals surface area contributed by atoms with Crippen molar-refractivity contribution in [2.45, 2.75) is 63.5 Å². The fraction of sp³-hybridized carbons (Fsp3) is 0.600. The van der Waals surface area contributed by atoms with Gasteiger partial charge in [0.15, 0.2) is 0 Å². The lowest BCUT2D eigenvalue weighted by Gasteiger charge is -2.38. The fourth-order valence-corrected chi connectivity index (χ4v) is 3.90. The van der Waals surface area contributed by atoms with Crippen LogP contribution in [0.15, 0.2) is 30.3 Å². The van der Waals surface area contributed by atoms with E-state index in [0.717, 1.165) is 31.2 Å². The zero-order valence-electron chi connectivity index (χ0n) is 15.5. The number of amides is 2. The van der Waals surface area contributed by atoms with E-state index in [1.165, 1.54) is 0 Å². The van der Waals surface area contributed by atoms with Gasteiger partial charge in [0.05, 0.1) is 12.1 Å². The highest BCUT2D eigenvalue weighted by Crippen LogP contribution is 2.33. The van der Waals surface area contributed by atoms with E-state index in [-0.39, 0.29) is 25.1 Å². The first-order valence-electron chi connectivity index (χ1n) is 9.45. The molecular weight excluding hydrogens is 332 g/mol. The third-order valence-corrected chi connectivity index (χ3v) is 5.21. The van der Waals surface area contributed by atoms with Crippen molar-refractivity contribution in [3.8, 4) is 0 Å². The van der Waals surface area contributed by atoms with Gasteiger partial charge in [-0.05, 0) is 37.7 Å². The highest BCUT2D eigenvalue weighted by molar-refractivity contribution is 5.76. The summed E-state index contributed by atoms with van der Waals surface area (Å²) in [6.07, 6.45) is 4.34. The van der Waals surface area contributed by atoms with E-state index in [2.05, 4.69) is 12.2 Å². The summed E-state index contributed by atoms with van der Waals surface area (Å²) in [5, 5.41) is 21.9. The Balaban J connectivity index is 2.07. The molecule has 0 saturated carbocycles.